The van der Waals surface area contributed by atoms with Gasteiger partial charge in [0.15, 0.2) is 17.0 Å². The molecular formula is C33H37N9O8. The Kier molecular flexibility index (Phi) is 12.1. The van der Waals surface area contributed by atoms with Gasteiger partial charge in [0.1, 0.15) is 12.1 Å². The van der Waals surface area contributed by atoms with Crippen molar-refractivity contribution in [2.75, 3.05) is 44.7 Å². The van der Waals surface area contributed by atoms with Crippen LogP contribution in [0.3, 0.4) is 0 Å². The summed E-state index contributed by atoms with van der Waals surface area (Å²) in [6, 6.07) is 10.5. The van der Waals surface area contributed by atoms with Crippen molar-refractivity contribution >= 4 is 58.3 Å². The summed E-state index contributed by atoms with van der Waals surface area (Å²) < 4.78 is 14.4. The highest BCUT2D eigenvalue weighted by Gasteiger charge is 2.29. The molecule has 0 fully saturated rings. The lowest BCUT2D eigenvalue weighted by Crippen LogP contribution is -2.52. The largest absolute Gasteiger partial charge is 0.469 e. The number of ether oxygens (including phenoxy) is 3. The van der Waals surface area contributed by atoms with Crippen LogP contribution in [-0.4, -0.2) is 90.1 Å². The Morgan fingerprint density at radius 2 is 1.58 bits per heavy atom. The first kappa shape index (κ1) is 36.4. The van der Waals surface area contributed by atoms with Gasteiger partial charge in [0, 0.05) is 31.1 Å². The SMILES string of the molecule is COC(=O)CC[C@H](NC(=O)c1ccc(N(C)Cc2cnc3nc(N)nc(N)c3n2)cc1)C(=O)N[C@@H](Cc1ccccc1C(=O)OC)C(=O)OC. The number of esters is 3. The lowest BCUT2D eigenvalue weighted by Gasteiger charge is -2.23. The molecule has 17 nitrogen and oxygen atoms in total. The molecule has 17 heteroatoms. The number of hydrogen-bond acceptors (Lipinski definition) is 15. The molecule has 0 saturated heterocycles. The molecule has 2 atom stereocenters. The number of nitrogen functional groups attached to an aromatic ring is 2. The molecule has 2 heterocycles. The van der Waals surface area contributed by atoms with Crippen molar-refractivity contribution in [3.05, 3.63) is 77.1 Å². The van der Waals surface area contributed by atoms with Crippen LogP contribution in [0.4, 0.5) is 17.5 Å². The van der Waals surface area contributed by atoms with Gasteiger partial charge in [-0.15, -0.1) is 0 Å². The topological polar surface area (TPSA) is 244 Å². The van der Waals surface area contributed by atoms with E-state index in [4.69, 9.17) is 25.7 Å². The van der Waals surface area contributed by atoms with Gasteiger partial charge in [-0.05, 0) is 42.3 Å². The van der Waals surface area contributed by atoms with Gasteiger partial charge in [-0.25, -0.2) is 19.6 Å². The van der Waals surface area contributed by atoms with Gasteiger partial charge in [0.2, 0.25) is 11.9 Å². The van der Waals surface area contributed by atoms with E-state index < -0.39 is 41.8 Å². The van der Waals surface area contributed by atoms with Gasteiger partial charge >= 0.3 is 17.9 Å². The van der Waals surface area contributed by atoms with E-state index >= 15 is 0 Å². The van der Waals surface area contributed by atoms with Crippen molar-refractivity contribution in [2.24, 2.45) is 0 Å². The van der Waals surface area contributed by atoms with Crippen LogP contribution in [0.1, 0.15) is 44.8 Å². The zero-order valence-corrected chi connectivity index (χ0v) is 27.8. The summed E-state index contributed by atoms with van der Waals surface area (Å²) in [5.74, 6) is -3.26. The molecule has 0 spiro atoms. The molecule has 2 aromatic carbocycles. The fourth-order valence-electron chi connectivity index (χ4n) is 4.97. The molecule has 0 radical (unpaired) electrons. The number of nitrogens with zero attached hydrogens (tertiary/aromatic N) is 5. The van der Waals surface area contributed by atoms with Gasteiger partial charge in [-0.1, -0.05) is 18.2 Å². The number of nitrogens with one attached hydrogen (secondary N) is 2. The van der Waals surface area contributed by atoms with Crippen molar-refractivity contribution in [3.8, 4) is 0 Å². The van der Waals surface area contributed by atoms with Crippen molar-refractivity contribution < 1.29 is 38.2 Å². The summed E-state index contributed by atoms with van der Waals surface area (Å²) in [7, 11) is 5.40. The summed E-state index contributed by atoms with van der Waals surface area (Å²) in [5.41, 5.74) is 14.3. The summed E-state index contributed by atoms with van der Waals surface area (Å²) in [4.78, 5) is 82.4. The van der Waals surface area contributed by atoms with Crippen molar-refractivity contribution in [3.63, 3.8) is 0 Å². The smallest absolute Gasteiger partial charge is 0.338 e. The number of rotatable bonds is 14. The molecule has 0 unspecified atom stereocenters. The van der Waals surface area contributed by atoms with Gasteiger partial charge in [0.25, 0.3) is 5.91 Å². The standard InChI is InChI=1S/C33H37N9O8/c1-42(17-20-16-36-28-26(37-20)27(34)40-33(35)41-28)21-11-9-18(10-12-21)29(44)38-23(13-14-25(43)48-2)30(45)39-24(32(47)50-4)15-19-7-5-6-8-22(19)31(46)49-3/h5-12,16,23-24H,13-15,17H2,1-4H3,(H,38,44)(H,39,45)(H4,34,35,36,40,41)/t23-,24-/m0/s1. The minimum atomic E-state index is -1.25. The Balaban J connectivity index is 1.47. The number of fused-ring (bicyclic) bond motifs is 1. The minimum Gasteiger partial charge on any atom is -0.469 e. The fraction of sp³-hybridized carbons (Fsp3) is 0.303. The molecule has 2 amide bonds. The summed E-state index contributed by atoms with van der Waals surface area (Å²) in [6.45, 7) is 0.333. The van der Waals surface area contributed by atoms with Crippen LogP contribution >= 0.6 is 0 Å². The third-order valence-electron chi connectivity index (χ3n) is 7.61. The number of nitrogens with two attached hydrogens (primary N) is 2. The second-order valence-corrected chi connectivity index (χ2v) is 11.0. The Labute approximate surface area is 286 Å². The van der Waals surface area contributed by atoms with Gasteiger partial charge < -0.3 is 41.2 Å². The summed E-state index contributed by atoms with van der Waals surface area (Å²) in [5, 5.41) is 5.23. The van der Waals surface area contributed by atoms with Crippen molar-refractivity contribution in [1.29, 1.82) is 0 Å². The second-order valence-electron chi connectivity index (χ2n) is 11.0. The molecule has 262 valence electrons. The van der Waals surface area contributed by atoms with Crippen LogP contribution in [0.5, 0.6) is 0 Å². The molecule has 50 heavy (non-hydrogen) atoms. The van der Waals surface area contributed by atoms with E-state index in [2.05, 4.69) is 30.6 Å². The van der Waals surface area contributed by atoms with E-state index in [1.54, 1.807) is 48.7 Å². The molecule has 4 rings (SSSR count). The number of aromatic nitrogens is 4. The number of anilines is 3. The van der Waals surface area contributed by atoms with Crippen LogP contribution < -0.4 is 27.0 Å². The van der Waals surface area contributed by atoms with Crippen LogP contribution in [-0.2, 0) is 41.6 Å². The Bertz CT molecular complexity index is 1890. The predicted molar refractivity (Wildman–Crippen MR) is 180 cm³/mol. The zero-order valence-electron chi connectivity index (χ0n) is 27.8. The quantitative estimate of drug-likeness (QED) is 0.107. The van der Waals surface area contributed by atoms with Gasteiger partial charge in [-0.2, -0.15) is 9.97 Å². The summed E-state index contributed by atoms with van der Waals surface area (Å²) in [6.07, 6.45) is 1.10. The van der Waals surface area contributed by atoms with Crippen LogP contribution in [0, 0.1) is 0 Å². The molecule has 0 bridgehead atoms. The highest BCUT2D eigenvalue weighted by Crippen LogP contribution is 2.19. The number of hydrogen-bond donors (Lipinski definition) is 4. The number of benzene rings is 2. The molecule has 2 aromatic heterocycles. The summed E-state index contributed by atoms with van der Waals surface area (Å²) >= 11 is 0. The average molecular weight is 688 g/mol. The third kappa shape index (κ3) is 9.15. The normalized spacial score (nSPS) is 11.9. The van der Waals surface area contributed by atoms with E-state index in [-0.39, 0.29) is 47.8 Å². The van der Waals surface area contributed by atoms with E-state index in [0.717, 1.165) is 12.8 Å². The predicted octanol–water partition coefficient (Wildman–Crippen LogP) is 0.959. The maximum Gasteiger partial charge on any atom is 0.338 e. The maximum atomic E-state index is 13.5. The number of methoxy groups -OCH3 is 3. The Morgan fingerprint density at radius 1 is 0.860 bits per heavy atom. The Morgan fingerprint density at radius 3 is 2.26 bits per heavy atom. The van der Waals surface area contributed by atoms with E-state index in [9.17, 15) is 24.0 Å². The van der Waals surface area contributed by atoms with Gasteiger partial charge in [0.05, 0.1) is 45.3 Å². The highest BCUT2D eigenvalue weighted by atomic mass is 16.5. The van der Waals surface area contributed by atoms with E-state index in [1.165, 1.54) is 20.3 Å². The molecule has 0 saturated carbocycles. The molecule has 6 N–H and O–H groups in total. The van der Waals surface area contributed by atoms with Crippen LogP contribution in [0.25, 0.3) is 11.2 Å². The van der Waals surface area contributed by atoms with Crippen LogP contribution in [0.2, 0.25) is 0 Å². The van der Waals surface area contributed by atoms with Crippen molar-refractivity contribution in [2.45, 2.75) is 37.9 Å². The first-order valence-corrected chi connectivity index (χ1v) is 15.2. The number of carbonyl (C=O) groups excluding carboxylic acids is 5. The number of carbonyl (C=O) groups is 5. The lowest BCUT2D eigenvalue weighted by molar-refractivity contribution is -0.145. The Hall–Kier alpha value is -6.39. The molecule has 0 aliphatic carbocycles. The average Bonchev–Trinajstić information content (AvgIpc) is 3.12. The first-order chi connectivity index (χ1) is 23.9. The van der Waals surface area contributed by atoms with Crippen LogP contribution in [0.15, 0.2) is 54.7 Å². The lowest BCUT2D eigenvalue weighted by atomic mass is 9.99. The number of amides is 2. The fourth-order valence-corrected chi connectivity index (χ4v) is 4.97. The van der Waals surface area contributed by atoms with Gasteiger partial charge in [-0.3, -0.25) is 14.4 Å². The molecule has 4 aromatic rings. The van der Waals surface area contributed by atoms with E-state index in [1.807, 2.05) is 11.9 Å². The molecule has 0 aliphatic heterocycles. The highest BCUT2D eigenvalue weighted by molar-refractivity contribution is 5.98. The maximum absolute atomic E-state index is 13.5. The second kappa shape index (κ2) is 16.6. The van der Waals surface area contributed by atoms with Crippen molar-refractivity contribution in [1.82, 2.24) is 30.6 Å². The monoisotopic (exact) mass is 687 g/mol. The minimum absolute atomic E-state index is 0.00211. The zero-order chi connectivity index (χ0) is 36.4. The molecular weight excluding hydrogens is 650 g/mol. The molecule has 0 aliphatic rings. The van der Waals surface area contributed by atoms with E-state index in [0.29, 0.717) is 23.3 Å². The third-order valence-corrected chi connectivity index (χ3v) is 7.61. The first-order valence-electron chi connectivity index (χ1n) is 15.2.